The Morgan fingerprint density at radius 2 is 1.40 bits per heavy atom. The summed E-state index contributed by atoms with van der Waals surface area (Å²) in [5.74, 6) is -0.597. The van der Waals surface area contributed by atoms with Crippen molar-refractivity contribution in [2.75, 3.05) is 25.6 Å². The number of ether oxygens (including phenoxy) is 3. The lowest BCUT2D eigenvalue weighted by molar-refractivity contribution is -0.161. The van der Waals surface area contributed by atoms with Gasteiger partial charge in [0.2, 0.25) is 0 Å². The van der Waals surface area contributed by atoms with Gasteiger partial charge in [0.05, 0.1) is 19.3 Å². The first-order valence-electron chi connectivity index (χ1n) is 24.5. The molecule has 0 bridgehead atoms. The fraction of sp³-hybridized carbons (Fsp3) is 0.745. The lowest BCUT2D eigenvalue weighted by Crippen LogP contribution is -2.36. The number of aliphatic hydroxyl groups is 3. The number of allylic oxidation sites excluding steroid dienone is 4. The summed E-state index contributed by atoms with van der Waals surface area (Å²) >= 11 is 0. The standard InChI is InChI=1S/C47H81N3O16P2/c1-4-5-22-28-38(51)29-24-19-15-11-9-13-16-20-25-30-42(52)61-34-39(64-43(53)31-26-21-17-12-8-6-7-10-14-18-23-27-37(2)3)35-62-67(57,58)66-68(59,60)63-36-40-44(54)45(55)46(65-40)50-33-32-41(48)49-47(50)56/h5,15,19,22,24,29,32-33,37-40,44-46,51,54-55H,4,6-14,16-18,20-21,23,25-28,30-31,34-36H2,1-3H3,(H,57,58)(H,59,60)(H2,48,49,56)/b19-15+,22-5+,29-24+/t38?,39-,40-,44-,45-,46-/m1/s1. The highest BCUT2D eigenvalue weighted by Crippen LogP contribution is 2.60. The van der Waals surface area contributed by atoms with Crippen LogP contribution in [0.25, 0.3) is 0 Å². The van der Waals surface area contributed by atoms with Crippen LogP contribution in [0.4, 0.5) is 5.82 Å². The van der Waals surface area contributed by atoms with Gasteiger partial charge < -0.3 is 45.1 Å². The van der Waals surface area contributed by atoms with E-state index in [2.05, 4.69) is 23.1 Å². The van der Waals surface area contributed by atoms with Gasteiger partial charge in [0, 0.05) is 19.0 Å². The summed E-state index contributed by atoms with van der Waals surface area (Å²) in [6.45, 7) is 4.20. The number of nitrogen functional groups attached to an aromatic ring is 1. The predicted octanol–water partition coefficient (Wildman–Crippen LogP) is 8.44. The number of rotatable bonds is 39. The zero-order chi connectivity index (χ0) is 50.2. The van der Waals surface area contributed by atoms with Gasteiger partial charge in [0.25, 0.3) is 0 Å². The molecule has 0 aliphatic carbocycles. The summed E-state index contributed by atoms with van der Waals surface area (Å²) in [4.78, 5) is 61.8. The normalized spacial score (nSPS) is 20.3. The molecule has 390 valence electrons. The second-order valence-corrected chi connectivity index (χ2v) is 20.7. The summed E-state index contributed by atoms with van der Waals surface area (Å²) < 4.78 is 56.7. The number of aliphatic hydroxyl groups excluding tert-OH is 3. The van der Waals surface area contributed by atoms with E-state index in [1.165, 1.54) is 51.0 Å². The SMILES string of the molecule is CC/C=C/CC(O)/C=C/C=C/CCCCCCCC(=O)OC[C@H](COP(=O)(O)OP(=O)(O)OC[C@H]1O[C@@H](n2ccc(N)nc2=O)[C@H](O)[C@@H]1O)OC(=O)CCCCCCCCCCCCCC(C)C. The largest absolute Gasteiger partial charge is 0.481 e. The molecule has 0 radical (unpaired) electrons. The third kappa shape index (κ3) is 28.6. The van der Waals surface area contributed by atoms with Crippen LogP contribution in [0.1, 0.15) is 168 Å². The van der Waals surface area contributed by atoms with Gasteiger partial charge in [-0.2, -0.15) is 9.29 Å². The Balaban J connectivity index is 1.83. The number of carbonyl (C=O) groups is 2. The number of phosphoric acid groups is 2. The summed E-state index contributed by atoms with van der Waals surface area (Å²) in [7, 11) is -10.9. The number of unbranched alkanes of at least 4 members (excludes halogenated alkanes) is 15. The van der Waals surface area contributed by atoms with E-state index in [1.54, 1.807) is 6.08 Å². The average Bonchev–Trinajstić information content (AvgIpc) is 3.55. The van der Waals surface area contributed by atoms with Crippen molar-refractivity contribution in [3.05, 3.63) is 59.2 Å². The first-order chi connectivity index (χ1) is 32.4. The fourth-order valence-electron chi connectivity index (χ4n) is 7.18. The minimum absolute atomic E-state index is 0.0362. The van der Waals surface area contributed by atoms with E-state index in [-0.39, 0.29) is 18.7 Å². The highest BCUT2D eigenvalue weighted by molar-refractivity contribution is 7.61. The minimum Gasteiger partial charge on any atom is -0.462 e. The van der Waals surface area contributed by atoms with Crippen molar-refractivity contribution in [1.29, 1.82) is 0 Å². The first-order valence-corrected chi connectivity index (χ1v) is 27.5. The van der Waals surface area contributed by atoms with E-state index in [0.717, 1.165) is 80.9 Å². The summed E-state index contributed by atoms with van der Waals surface area (Å²) in [5, 5.41) is 30.8. The summed E-state index contributed by atoms with van der Waals surface area (Å²) in [6, 6.07) is 1.24. The molecule has 3 unspecified atom stereocenters. The zero-order valence-electron chi connectivity index (χ0n) is 40.4. The number of anilines is 1. The van der Waals surface area contributed by atoms with Crippen molar-refractivity contribution in [3.63, 3.8) is 0 Å². The lowest BCUT2D eigenvalue weighted by Gasteiger charge is -2.21. The number of hydrogen-bond donors (Lipinski definition) is 6. The Morgan fingerprint density at radius 1 is 0.809 bits per heavy atom. The predicted molar refractivity (Wildman–Crippen MR) is 258 cm³/mol. The molecule has 0 saturated carbocycles. The van der Waals surface area contributed by atoms with E-state index in [4.69, 9.17) is 29.0 Å². The molecule has 21 heteroatoms. The Kier molecular flexibility index (Phi) is 31.5. The second-order valence-electron chi connectivity index (χ2n) is 17.6. The minimum atomic E-state index is -5.43. The zero-order valence-corrected chi connectivity index (χ0v) is 42.2. The number of nitrogens with zero attached hydrogens (tertiary/aromatic N) is 2. The molecule has 1 aliphatic rings. The van der Waals surface area contributed by atoms with Crippen molar-refractivity contribution in [2.45, 2.75) is 199 Å². The fourth-order valence-corrected chi connectivity index (χ4v) is 9.29. The van der Waals surface area contributed by atoms with Crippen LogP contribution in [-0.2, 0) is 46.3 Å². The van der Waals surface area contributed by atoms with Crippen LogP contribution >= 0.6 is 15.6 Å². The number of nitrogens with two attached hydrogens (primary N) is 1. The number of carbonyl (C=O) groups excluding carboxylic acids is 2. The molecule has 2 rings (SSSR count). The molecular weight excluding hydrogens is 924 g/mol. The Bertz CT molecular complexity index is 1810. The van der Waals surface area contributed by atoms with Crippen molar-refractivity contribution in [3.8, 4) is 0 Å². The topological polar surface area (TPSA) is 286 Å². The summed E-state index contributed by atoms with van der Waals surface area (Å²) in [6.07, 6.45) is 24.3. The van der Waals surface area contributed by atoms with Crippen LogP contribution in [0.5, 0.6) is 0 Å². The molecule has 8 atom stereocenters. The maximum absolute atomic E-state index is 12.8. The molecule has 0 amide bonds. The quantitative estimate of drug-likeness (QED) is 0.0119. The first kappa shape index (κ1) is 61.1. The lowest BCUT2D eigenvalue weighted by atomic mass is 10.0. The molecule has 68 heavy (non-hydrogen) atoms. The van der Waals surface area contributed by atoms with Crippen LogP contribution in [-0.4, -0.2) is 96.9 Å². The van der Waals surface area contributed by atoms with E-state index in [1.807, 2.05) is 37.3 Å². The van der Waals surface area contributed by atoms with Gasteiger partial charge >= 0.3 is 33.3 Å². The molecule has 19 nitrogen and oxygen atoms in total. The van der Waals surface area contributed by atoms with Crippen molar-refractivity contribution in [1.82, 2.24) is 9.55 Å². The maximum atomic E-state index is 12.8. The van der Waals surface area contributed by atoms with Crippen molar-refractivity contribution >= 4 is 33.4 Å². The number of aromatic nitrogens is 2. The van der Waals surface area contributed by atoms with E-state index >= 15 is 0 Å². The Morgan fingerprint density at radius 3 is 2.01 bits per heavy atom. The Labute approximate surface area is 402 Å². The van der Waals surface area contributed by atoms with Gasteiger partial charge in [-0.15, -0.1) is 0 Å². The summed E-state index contributed by atoms with van der Waals surface area (Å²) in [5.41, 5.74) is 4.58. The van der Waals surface area contributed by atoms with Gasteiger partial charge in [0.15, 0.2) is 12.3 Å². The second kappa shape index (κ2) is 35.1. The molecule has 2 heterocycles. The third-order valence-electron chi connectivity index (χ3n) is 11.0. The van der Waals surface area contributed by atoms with Gasteiger partial charge in [-0.25, -0.2) is 13.9 Å². The van der Waals surface area contributed by atoms with Gasteiger partial charge in [-0.1, -0.05) is 147 Å². The monoisotopic (exact) mass is 1010 g/mol. The molecule has 1 aliphatic heterocycles. The average molecular weight is 1010 g/mol. The Hall–Kier alpha value is -3.06. The van der Waals surface area contributed by atoms with Crippen LogP contribution in [0, 0.1) is 5.92 Å². The molecule has 0 aromatic carbocycles. The molecular formula is C47H81N3O16P2. The molecule has 1 aromatic rings. The van der Waals surface area contributed by atoms with Gasteiger partial charge in [-0.3, -0.25) is 23.2 Å². The van der Waals surface area contributed by atoms with E-state index < -0.39 is 89.8 Å². The highest BCUT2D eigenvalue weighted by atomic mass is 31.3. The van der Waals surface area contributed by atoms with Crippen molar-refractivity contribution in [2.24, 2.45) is 5.92 Å². The van der Waals surface area contributed by atoms with Crippen LogP contribution in [0.15, 0.2) is 53.5 Å². The number of esters is 2. The smallest absolute Gasteiger partial charge is 0.462 e. The third-order valence-corrected chi connectivity index (χ3v) is 13.6. The van der Waals surface area contributed by atoms with Crippen LogP contribution in [0.2, 0.25) is 0 Å². The molecule has 1 fully saturated rings. The van der Waals surface area contributed by atoms with Crippen LogP contribution in [0.3, 0.4) is 0 Å². The molecule has 1 saturated heterocycles. The maximum Gasteiger partial charge on any atom is 0.481 e. The highest BCUT2D eigenvalue weighted by Gasteiger charge is 2.46. The number of phosphoric ester groups is 2. The van der Waals surface area contributed by atoms with E-state index in [0.29, 0.717) is 19.3 Å². The van der Waals surface area contributed by atoms with Crippen LogP contribution < -0.4 is 11.4 Å². The molecule has 0 spiro atoms. The van der Waals surface area contributed by atoms with Crippen molar-refractivity contribution < 1.29 is 71.4 Å². The number of hydrogen-bond acceptors (Lipinski definition) is 16. The molecule has 1 aromatic heterocycles. The van der Waals surface area contributed by atoms with Gasteiger partial charge in [0.1, 0.15) is 30.7 Å². The van der Waals surface area contributed by atoms with Gasteiger partial charge in [-0.05, 0) is 50.5 Å². The van der Waals surface area contributed by atoms with E-state index in [9.17, 15) is 48.6 Å². The molecule has 7 N–H and O–H groups in total.